The molecule has 0 radical (unpaired) electrons. The normalized spacial score (nSPS) is 19.3. The molecule has 1 atom stereocenters. The Kier molecular flexibility index (Phi) is 3.88. The quantitative estimate of drug-likeness (QED) is 0.889. The van der Waals surface area contributed by atoms with Crippen molar-refractivity contribution in [2.75, 3.05) is 6.54 Å². The molecule has 2 rings (SSSR count). The van der Waals surface area contributed by atoms with Gasteiger partial charge in [-0.2, -0.15) is 0 Å². The van der Waals surface area contributed by atoms with Crippen LogP contribution in [-0.4, -0.2) is 34.5 Å². The van der Waals surface area contributed by atoms with Crippen LogP contribution in [0.5, 0.6) is 0 Å². The lowest BCUT2D eigenvalue weighted by molar-refractivity contribution is -0.143. The number of nitrogens with zero attached hydrogens (tertiary/aromatic N) is 1. The molecule has 0 unspecified atom stereocenters. The Balaban J connectivity index is 2.31. The Morgan fingerprint density at radius 1 is 1.26 bits per heavy atom. The smallest absolute Gasteiger partial charge is 0.326 e. The standard InChI is InChI=1S/C15H19NO3/c1-10-6-7-11(2)12(9-10)14(17)16-8-4-3-5-13(16)15(18)19/h6-7,9,13H,3-5,8H2,1-2H3,(H,18,19)/t13-/m1/s1. The maximum atomic E-state index is 12.6. The molecule has 0 aromatic heterocycles. The summed E-state index contributed by atoms with van der Waals surface area (Å²) in [4.78, 5) is 25.3. The van der Waals surface area contributed by atoms with Crippen LogP contribution in [0.1, 0.15) is 40.7 Å². The summed E-state index contributed by atoms with van der Waals surface area (Å²) in [7, 11) is 0. The third-order valence-electron chi connectivity index (χ3n) is 3.67. The van der Waals surface area contributed by atoms with Crippen LogP contribution >= 0.6 is 0 Å². The van der Waals surface area contributed by atoms with E-state index in [9.17, 15) is 14.7 Å². The van der Waals surface area contributed by atoms with E-state index in [1.54, 1.807) is 0 Å². The highest BCUT2D eigenvalue weighted by molar-refractivity contribution is 5.98. The number of carboxylic acids is 1. The van der Waals surface area contributed by atoms with Gasteiger partial charge in [0.25, 0.3) is 5.91 Å². The molecular weight excluding hydrogens is 242 g/mol. The van der Waals surface area contributed by atoms with E-state index in [4.69, 9.17) is 0 Å². The minimum Gasteiger partial charge on any atom is -0.480 e. The fraction of sp³-hybridized carbons (Fsp3) is 0.467. The van der Waals surface area contributed by atoms with E-state index in [1.165, 1.54) is 4.90 Å². The Bertz CT molecular complexity index is 510. The third kappa shape index (κ3) is 2.78. The number of likely N-dealkylation sites (tertiary alicyclic amines) is 1. The molecule has 1 N–H and O–H groups in total. The van der Waals surface area contributed by atoms with Gasteiger partial charge in [0.15, 0.2) is 0 Å². The van der Waals surface area contributed by atoms with E-state index in [2.05, 4.69) is 0 Å². The molecule has 1 aromatic carbocycles. The number of rotatable bonds is 2. The van der Waals surface area contributed by atoms with Crippen LogP contribution in [0, 0.1) is 13.8 Å². The highest BCUT2D eigenvalue weighted by atomic mass is 16.4. The molecule has 1 aliphatic heterocycles. The van der Waals surface area contributed by atoms with Crippen molar-refractivity contribution in [3.63, 3.8) is 0 Å². The van der Waals surface area contributed by atoms with Gasteiger partial charge in [-0.05, 0) is 44.7 Å². The van der Waals surface area contributed by atoms with Crippen LogP contribution < -0.4 is 0 Å². The molecular formula is C15H19NO3. The van der Waals surface area contributed by atoms with Gasteiger partial charge in [-0.3, -0.25) is 4.79 Å². The zero-order chi connectivity index (χ0) is 14.0. The van der Waals surface area contributed by atoms with Gasteiger partial charge in [-0.1, -0.05) is 17.7 Å². The number of aliphatic carboxylic acids is 1. The summed E-state index contributed by atoms with van der Waals surface area (Å²) < 4.78 is 0. The van der Waals surface area contributed by atoms with Gasteiger partial charge in [-0.15, -0.1) is 0 Å². The van der Waals surface area contributed by atoms with Crippen LogP contribution in [0.4, 0.5) is 0 Å². The molecule has 1 aliphatic rings. The number of carboxylic acid groups (broad SMARTS) is 1. The molecule has 0 spiro atoms. The van der Waals surface area contributed by atoms with E-state index < -0.39 is 12.0 Å². The van der Waals surface area contributed by atoms with E-state index in [0.29, 0.717) is 18.5 Å². The largest absolute Gasteiger partial charge is 0.480 e. The first-order chi connectivity index (χ1) is 9.00. The molecule has 1 aromatic rings. The third-order valence-corrected chi connectivity index (χ3v) is 3.67. The number of amides is 1. The average molecular weight is 261 g/mol. The summed E-state index contributed by atoms with van der Waals surface area (Å²) in [5.41, 5.74) is 2.52. The van der Waals surface area contributed by atoms with Crippen LogP contribution in [-0.2, 0) is 4.79 Å². The van der Waals surface area contributed by atoms with E-state index in [0.717, 1.165) is 24.0 Å². The first kappa shape index (κ1) is 13.6. The fourth-order valence-electron chi connectivity index (χ4n) is 2.55. The topological polar surface area (TPSA) is 57.6 Å². The Morgan fingerprint density at radius 2 is 2.00 bits per heavy atom. The van der Waals surface area contributed by atoms with Gasteiger partial charge in [0.1, 0.15) is 6.04 Å². The molecule has 1 heterocycles. The van der Waals surface area contributed by atoms with Crippen LogP contribution in [0.25, 0.3) is 0 Å². The van der Waals surface area contributed by atoms with E-state index in [-0.39, 0.29) is 5.91 Å². The molecule has 0 bridgehead atoms. The summed E-state index contributed by atoms with van der Waals surface area (Å²) >= 11 is 0. The molecule has 1 amide bonds. The number of carbonyl (C=O) groups excluding carboxylic acids is 1. The monoisotopic (exact) mass is 261 g/mol. The number of aryl methyl sites for hydroxylation is 2. The van der Waals surface area contributed by atoms with E-state index in [1.807, 2.05) is 32.0 Å². The summed E-state index contributed by atoms with van der Waals surface area (Å²) in [6, 6.07) is 5.02. The molecule has 19 heavy (non-hydrogen) atoms. The lowest BCUT2D eigenvalue weighted by atomic mass is 9.98. The lowest BCUT2D eigenvalue weighted by Gasteiger charge is -2.33. The van der Waals surface area contributed by atoms with Crippen molar-refractivity contribution in [1.29, 1.82) is 0 Å². The minimum absolute atomic E-state index is 0.159. The highest BCUT2D eigenvalue weighted by Gasteiger charge is 2.32. The van der Waals surface area contributed by atoms with E-state index >= 15 is 0 Å². The van der Waals surface area contributed by atoms with Gasteiger partial charge >= 0.3 is 5.97 Å². The number of carbonyl (C=O) groups is 2. The molecule has 4 heteroatoms. The Morgan fingerprint density at radius 3 is 2.68 bits per heavy atom. The summed E-state index contributed by atoms with van der Waals surface area (Å²) in [6.45, 7) is 4.34. The molecule has 1 fully saturated rings. The number of hydrogen-bond acceptors (Lipinski definition) is 2. The minimum atomic E-state index is -0.904. The van der Waals surface area contributed by atoms with Crippen LogP contribution in [0.3, 0.4) is 0 Å². The SMILES string of the molecule is Cc1ccc(C)c(C(=O)N2CCCC[C@@H]2C(=O)O)c1. The molecule has 4 nitrogen and oxygen atoms in total. The maximum Gasteiger partial charge on any atom is 0.326 e. The molecule has 1 saturated heterocycles. The summed E-state index contributed by atoms with van der Waals surface area (Å²) in [6.07, 6.45) is 2.29. The number of benzene rings is 1. The predicted octanol–water partition coefficient (Wildman–Crippen LogP) is 2.38. The Labute approximate surface area is 113 Å². The first-order valence-electron chi connectivity index (χ1n) is 6.61. The maximum absolute atomic E-state index is 12.6. The van der Waals surface area contributed by atoms with Crippen LogP contribution in [0.2, 0.25) is 0 Å². The molecule has 102 valence electrons. The zero-order valence-electron chi connectivity index (χ0n) is 11.3. The second-order valence-corrected chi connectivity index (χ2v) is 5.17. The Hall–Kier alpha value is -1.84. The summed E-state index contributed by atoms with van der Waals surface area (Å²) in [5, 5.41) is 9.23. The van der Waals surface area contributed by atoms with Crippen molar-refractivity contribution in [3.05, 3.63) is 34.9 Å². The second-order valence-electron chi connectivity index (χ2n) is 5.17. The summed E-state index contributed by atoms with van der Waals surface area (Å²) in [5.74, 6) is -1.06. The van der Waals surface area contributed by atoms with Crippen LogP contribution in [0.15, 0.2) is 18.2 Å². The van der Waals surface area contributed by atoms with Crippen molar-refractivity contribution in [3.8, 4) is 0 Å². The van der Waals surface area contributed by atoms with Crippen molar-refractivity contribution >= 4 is 11.9 Å². The molecule has 0 aliphatic carbocycles. The van der Waals surface area contributed by atoms with Crippen molar-refractivity contribution < 1.29 is 14.7 Å². The number of piperidine rings is 1. The van der Waals surface area contributed by atoms with Gasteiger partial charge in [0.05, 0.1) is 0 Å². The fourth-order valence-corrected chi connectivity index (χ4v) is 2.55. The first-order valence-corrected chi connectivity index (χ1v) is 6.61. The van der Waals surface area contributed by atoms with Crippen molar-refractivity contribution in [1.82, 2.24) is 4.90 Å². The van der Waals surface area contributed by atoms with Gasteiger partial charge in [0, 0.05) is 12.1 Å². The molecule has 0 saturated carbocycles. The average Bonchev–Trinajstić information content (AvgIpc) is 2.40. The highest BCUT2D eigenvalue weighted by Crippen LogP contribution is 2.22. The second kappa shape index (κ2) is 5.43. The zero-order valence-corrected chi connectivity index (χ0v) is 11.3. The predicted molar refractivity (Wildman–Crippen MR) is 72.2 cm³/mol. The van der Waals surface area contributed by atoms with Gasteiger partial charge < -0.3 is 10.0 Å². The van der Waals surface area contributed by atoms with Gasteiger partial charge in [-0.25, -0.2) is 4.79 Å². The van der Waals surface area contributed by atoms with Gasteiger partial charge in [0.2, 0.25) is 0 Å². The lowest BCUT2D eigenvalue weighted by Crippen LogP contribution is -2.48. The van der Waals surface area contributed by atoms with Crippen molar-refractivity contribution in [2.45, 2.75) is 39.2 Å². The number of hydrogen-bond donors (Lipinski definition) is 1. The van der Waals surface area contributed by atoms with Crippen molar-refractivity contribution in [2.24, 2.45) is 0 Å².